The Hall–Kier alpha value is -0.740. The fourth-order valence-corrected chi connectivity index (χ4v) is 3.80. The summed E-state index contributed by atoms with van der Waals surface area (Å²) in [6, 6.07) is 2.11. The van der Waals surface area contributed by atoms with Gasteiger partial charge in [0.2, 0.25) is 0 Å². The Balaban J connectivity index is 2.60. The topological polar surface area (TPSA) is 44.5 Å². The summed E-state index contributed by atoms with van der Waals surface area (Å²) >= 11 is 3.64. The Labute approximate surface area is 123 Å². The third kappa shape index (κ3) is 2.36. The lowest BCUT2D eigenvalue weighted by molar-refractivity contribution is 0.349. The molecular formula is C15H22BrNO2. The number of hydrogen-bond donors (Lipinski definition) is 1. The van der Waals surface area contributed by atoms with Crippen LogP contribution in [0.15, 0.2) is 10.5 Å². The maximum absolute atomic E-state index is 6.09. The largest absolute Gasteiger partial charge is 0.493 e. The first kappa shape index (κ1) is 14.7. The average Bonchev–Trinajstić information content (AvgIpc) is 2.91. The van der Waals surface area contributed by atoms with E-state index in [-0.39, 0.29) is 5.41 Å². The molecular weight excluding hydrogens is 306 g/mol. The van der Waals surface area contributed by atoms with E-state index in [0.29, 0.717) is 6.54 Å². The van der Waals surface area contributed by atoms with Crippen molar-refractivity contribution >= 4 is 15.9 Å². The lowest BCUT2D eigenvalue weighted by Crippen LogP contribution is -2.33. The average molecular weight is 328 g/mol. The Kier molecular flexibility index (Phi) is 4.41. The molecule has 0 spiro atoms. The van der Waals surface area contributed by atoms with Gasteiger partial charge in [-0.25, -0.2) is 0 Å². The fourth-order valence-electron chi connectivity index (χ4n) is 3.23. The van der Waals surface area contributed by atoms with Crippen LogP contribution < -0.4 is 15.2 Å². The smallest absolute Gasteiger partial charge is 0.175 e. The quantitative estimate of drug-likeness (QED) is 0.919. The molecule has 0 aromatic heterocycles. The number of methoxy groups -OCH3 is 2. The number of hydrogen-bond acceptors (Lipinski definition) is 3. The molecule has 1 aromatic carbocycles. The lowest BCUT2D eigenvalue weighted by atomic mass is 9.77. The van der Waals surface area contributed by atoms with E-state index in [2.05, 4.69) is 28.9 Å². The van der Waals surface area contributed by atoms with Gasteiger partial charge in [-0.2, -0.15) is 0 Å². The Morgan fingerprint density at radius 3 is 2.37 bits per heavy atom. The zero-order valence-corrected chi connectivity index (χ0v) is 13.5. The van der Waals surface area contributed by atoms with Crippen molar-refractivity contribution in [3.63, 3.8) is 0 Å². The third-order valence-electron chi connectivity index (χ3n) is 4.38. The minimum absolute atomic E-state index is 0.103. The number of rotatable bonds is 4. The summed E-state index contributed by atoms with van der Waals surface area (Å²) in [5.74, 6) is 1.53. The summed E-state index contributed by atoms with van der Waals surface area (Å²) < 4.78 is 11.9. The van der Waals surface area contributed by atoms with Crippen LogP contribution in [-0.4, -0.2) is 20.8 Å². The van der Waals surface area contributed by atoms with E-state index in [1.807, 2.05) is 0 Å². The highest BCUT2D eigenvalue weighted by molar-refractivity contribution is 9.10. The highest BCUT2D eigenvalue weighted by Gasteiger charge is 2.37. The van der Waals surface area contributed by atoms with E-state index in [9.17, 15) is 0 Å². The maximum atomic E-state index is 6.09. The van der Waals surface area contributed by atoms with Gasteiger partial charge in [0.1, 0.15) is 0 Å². The van der Waals surface area contributed by atoms with Crippen LogP contribution in [0.25, 0.3) is 0 Å². The summed E-state index contributed by atoms with van der Waals surface area (Å²) in [6.07, 6.45) is 4.82. The molecule has 1 aliphatic carbocycles. The molecule has 3 nitrogen and oxygen atoms in total. The summed E-state index contributed by atoms with van der Waals surface area (Å²) in [4.78, 5) is 0. The van der Waals surface area contributed by atoms with E-state index >= 15 is 0 Å². The molecule has 0 unspecified atom stereocenters. The molecule has 0 aliphatic heterocycles. The summed E-state index contributed by atoms with van der Waals surface area (Å²) in [5, 5.41) is 0. The normalized spacial score (nSPS) is 17.5. The number of nitrogens with two attached hydrogens (primary N) is 1. The van der Waals surface area contributed by atoms with Crippen molar-refractivity contribution in [1.82, 2.24) is 0 Å². The van der Waals surface area contributed by atoms with Gasteiger partial charge in [0.05, 0.1) is 18.7 Å². The van der Waals surface area contributed by atoms with Crippen LogP contribution in [0.4, 0.5) is 0 Å². The Bertz CT molecular complexity index is 468. The predicted octanol–water partition coefficient (Wildman–Crippen LogP) is 3.55. The van der Waals surface area contributed by atoms with E-state index in [0.717, 1.165) is 28.8 Å². The lowest BCUT2D eigenvalue weighted by Gasteiger charge is -2.31. The number of ether oxygens (including phenoxy) is 2. The SMILES string of the molecule is COc1cc(C2(CN)CCCC2)c(C)c(Br)c1OC. The van der Waals surface area contributed by atoms with E-state index in [1.165, 1.54) is 24.0 Å². The van der Waals surface area contributed by atoms with Crippen molar-refractivity contribution in [2.75, 3.05) is 20.8 Å². The molecule has 0 saturated heterocycles. The van der Waals surface area contributed by atoms with Gasteiger partial charge >= 0.3 is 0 Å². The van der Waals surface area contributed by atoms with Crippen molar-refractivity contribution in [1.29, 1.82) is 0 Å². The molecule has 19 heavy (non-hydrogen) atoms. The Morgan fingerprint density at radius 1 is 1.26 bits per heavy atom. The summed E-state index contributed by atoms with van der Waals surface area (Å²) in [5.41, 5.74) is 8.71. The molecule has 0 amide bonds. The van der Waals surface area contributed by atoms with Crippen LogP contribution in [0.2, 0.25) is 0 Å². The minimum atomic E-state index is 0.103. The molecule has 2 rings (SSSR count). The van der Waals surface area contributed by atoms with Gasteiger partial charge in [-0.05, 0) is 52.9 Å². The molecule has 0 atom stereocenters. The maximum Gasteiger partial charge on any atom is 0.175 e. The van der Waals surface area contributed by atoms with Gasteiger partial charge < -0.3 is 15.2 Å². The fraction of sp³-hybridized carbons (Fsp3) is 0.600. The van der Waals surface area contributed by atoms with Crippen molar-refractivity contribution in [2.45, 2.75) is 38.0 Å². The summed E-state index contributed by atoms with van der Waals surface area (Å²) in [7, 11) is 3.34. The zero-order chi connectivity index (χ0) is 14.0. The second kappa shape index (κ2) is 5.71. The van der Waals surface area contributed by atoms with Crippen molar-refractivity contribution in [3.05, 3.63) is 21.7 Å². The second-order valence-corrected chi connectivity index (χ2v) is 6.08. The van der Waals surface area contributed by atoms with Gasteiger partial charge in [0, 0.05) is 12.0 Å². The minimum Gasteiger partial charge on any atom is -0.493 e. The molecule has 4 heteroatoms. The van der Waals surface area contributed by atoms with Crippen LogP contribution in [0.3, 0.4) is 0 Å². The third-order valence-corrected chi connectivity index (χ3v) is 5.33. The summed E-state index contributed by atoms with van der Waals surface area (Å²) in [6.45, 7) is 2.81. The van der Waals surface area contributed by atoms with Crippen LogP contribution in [-0.2, 0) is 5.41 Å². The highest BCUT2D eigenvalue weighted by Crippen LogP contribution is 2.48. The molecule has 2 N–H and O–H groups in total. The molecule has 0 heterocycles. The van der Waals surface area contributed by atoms with E-state index in [1.54, 1.807) is 14.2 Å². The molecule has 1 fully saturated rings. The first-order valence-corrected chi connectivity index (χ1v) is 7.50. The van der Waals surface area contributed by atoms with Gasteiger partial charge in [-0.1, -0.05) is 12.8 Å². The van der Waals surface area contributed by atoms with Crippen molar-refractivity contribution in [3.8, 4) is 11.5 Å². The van der Waals surface area contributed by atoms with Crippen LogP contribution in [0.5, 0.6) is 11.5 Å². The molecule has 106 valence electrons. The highest BCUT2D eigenvalue weighted by atomic mass is 79.9. The van der Waals surface area contributed by atoms with Gasteiger partial charge in [-0.15, -0.1) is 0 Å². The van der Waals surface area contributed by atoms with Crippen LogP contribution in [0, 0.1) is 6.92 Å². The van der Waals surface area contributed by atoms with Gasteiger partial charge in [-0.3, -0.25) is 0 Å². The van der Waals surface area contributed by atoms with Crippen molar-refractivity contribution in [2.24, 2.45) is 5.73 Å². The first-order chi connectivity index (χ1) is 9.09. The molecule has 1 saturated carbocycles. The predicted molar refractivity (Wildman–Crippen MR) is 81.2 cm³/mol. The monoisotopic (exact) mass is 327 g/mol. The first-order valence-electron chi connectivity index (χ1n) is 6.71. The van der Waals surface area contributed by atoms with E-state index in [4.69, 9.17) is 15.2 Å². The number of halogens is 1. The van der Waals surface area contributed by atoms with Crippen LogP contribution >= 0.6 is 15.9 Å². The van der Waals surface area contributed by atoms with Gasteiger partial charge in [0.25, 0.3) is 0 Å². The molecule has 0 bridgehead atoms. The van der Waals surface area contributed by atoms with E-state index < -0.39 is 0 Å². The molecule has 0 radical (unpaired) electrons. The zero-order valence-electron chi connectivity index (χ0n) is 11.9. The standard InChI is InChI=1S/C15H22BrNO2/c1-10-11(15(9-17)6-4-5-7-15)8-12(18-2)14(19-3)13(10)16/h8H,4-7,9,17H2,1-3H3. The molecule has 1 aromatic rings. The molecule has 1 aliphatic rings. The second-order valence-electron chi connectivity index (χ2n) is 5.29. The van der Waals surface area contributed by atoms with Crippen LogP contribution in [0.1, 0.15) is 36.8 Å². The van der Waals surface area contributed by atoms with Gasteiger partial charge in [0.15, 0.2) is 11.5 Å². The Morgan fingerprint density at radius 2 is 1.89 bits per heavy atom. The number of benzene rings is 1. The van der Waals surface area contributed by atoms with Crippen molar-refractivity contribution < 1.29 is 9.47 Å².